The molecule has 0 saturated heterocycles. The molecular formula is C12H16N2O4. The molecule has 0 radical (unpaired) electrons. The average molecular weight is 252 g/mol. The molecule has 0 aromatic carbocycles. The Bertz CT molecular complexity index is 432. The number of pyridine rings is 1. The van der Waals surface area contributed by atoms with E-state index in [2.05, 4.69) is 10.3 Å². The molecule has 18 heavy (non-hydrogen) atoms. The van der Waals surface area contributed by atoms with E-state index in [0.29, 0.717) is 13.2 Å². The quantitative estimate of drug-likeness (QED) is 0.735. The minimum atomic E-state index is -1.09. The van der Waals surface area contributed by atoms with Gasteiger partial charge in [-0.15, -0.1) is 0 Å². The summed E-state index contributed by atoms with van der Waals surface area (Å²) >= 11 is 0. The summed E-state index contributed by atoms with van der Waals surface area (Å²) in [5.74, 6) is -1.50. The van der Waals surface area contributed by atoms with E-state index in [-0.39, 0.29) is 17.4 Å². The molecule has 1 amide bonds. The van der Waals surface area contributed by atoms with E-state index < -0.39 is 11.9 Å². The number of carbonyl (C=O) groups is 2. The Morgan fingerprint density at radius 1 is 1.50 bits per heavy atom. The summed E-state index contributed by atoms with van der Waals surface area (Å²) in [6.07, 6.45) is 1.40. The van der Waals surface area contributed by atoms with Gasteiger partial charge in [0.15, 0.2) is 0 Å². The van der Waals surface area contributed by atoms with Crippen LogP contribution in [0.15, 0.2) is 18.3 Å². The van der Waals surface area contributed by atoms with Crippen LogP contribution in [0, 0.1) is 0 Å². The number of hydrogen-bond donors (Lipinski definition) is 2. The molecule has 0 unspecified atom stereocenters. The van der Waals surface area contributed by atoms with Gasteiger partial charge in [-0.1, -0.05) is 0 Å². The standard InChI is InChI=1S/C12H16N2O4/c1-8(2)18-6-5-14-11(15)10-7-9(12(16)17)3-4-13-10/h3-4,7-8H,5-6H2,1-2H3,(H,14,15)(H,16,17). The summed E-state index contributed by atoms with van der Waals surface area (Å²) < 4.78 is 5.26. The number of hydrogen-bond acceptors (Lipinski definition) is 4. The van der Waals surface area contributed by atoms with Crippen LogP contribution in [0.3, 0.4) is 0 Å². The van der Waals surface area contributed by atoms with Gasteiger partial charge in [0.2, 0.25) is 0 Å². The van der Waals surface area contributed by atoms with Crippen molar-refractivity contribution in [3.63, 3.8) is 0 Å². The van der Waals surface area contributed by atoms with Crippen molar-refractivity contribution in [2.24, 2.45) is 0 Å². The highest BCUT2D eigenvalue weighted by Crippen LogP contribution is 2.01. The number of carboxylic acids is 1. The number of carboxylic acid groups (broad SMARTS) is 1. The van der Waals surface area contributed by atoms with Gasteiger partial charge < -0.3 is 15.2 Å². The number of aromatic nitrogens is 1. The summed E-state index contributed by atoms with van der Waals surface area (Å²) in [6.45, 7) is 4.57. The zero-order valence-corrected chi connectivity index (χ0v) is 10.3. The monoisotopic (exact) mass is 252 g/mol. The predicted octanol–water partition coefficient (Wildman–Crippen LogP) is 0.935. The largest absolute Gasteiger partial charge is 0.478 e. The first-order chi connectivity index (χ1) is 8.50. The second kappa shape index (κ2) is 6.70. The Hall–Kier alpha value is -1.95. The second-order valence-electron chi connectivity index (χ2n) is 3.91. The molecule has 6 heteroatoms. The number of ether oxygens (including phenoxy) is 1. The first-order valence-electron chi connectivity index (χ1n) is 5.60. The van der Waals surface area contributed by atoms with Crippen molar-refractivity contribution in [3.05, 3.63) is 29.6 Å². The molecule has 0 bridgehead atoms. The number of amides is 1. The van der Waals surface area contributed by atoms with Crippen molar-refractivity contribution in [2.45, 2.75) is 20.0 Å². The third-order valence-electron chi connectivity index (χ3n) is 2.08. The summed E-state index contributed by atoms with van der Waals surface area (Å²) in [4.78, 5) is 26.2. The molecule has 98 valence electrons. The van der Waals surface area contributed by atoms with Crippen molar-refractivity contribution in [1.82, 2.24) is 10.3 Å². The highest BCUT2D eigenvalue weighted by Gasteiger charge is 2.10. The maximum Gasteiger partial charge on any atom is 0.335 e. The SMILES string of the molecule is CC(C)OCCNC(=O)c1cc(C(=O)O)ccn1. The third-order valence-corrected chi connectivity index (χ3v) is 2.08. The van der Waals surface area contributed by atoms with Crippen LogP contribution in [0.5, 0.6) is 0 Å². The summed E-state index contributed by atoms with van der Waals surface area (Å²) in [5.41, 5.74) is 0.119. The Morgan fingerprint density at radius 2 is 2.22 bits per heavy atom. The molecule has 0 atom stereocenters. The lowest BCUT2D eigenvalue weighted by Crippen LogP contribution is -2.28. The van der Waals surface area contributed by atoms with Crippen LogP contribution in [0.1, 0.15) is 34.7 Å². The molecule has 2 N–H and O–H groups in total. The summed E-state index contributed by atoms with van der Waals surface area (Å²) in [6, 6.07) is 2.57. The molecule has 1 aromatic heterocycles. The van der Waals surface area contributed by atoms with Crippen LogP contribution >= 0.6 is 0 Å². The van der Waals surface area contributed by atoms with Crippen molar-refractivity contribution in [2.75, 3.05) is 13.2 Å². The molecule has 6 nitrogen and oxygen atoms in total. The number of aromatic carboxylic acids is 1. The highest BCUT2D eigenvalue weighted by molar-refractivity contribution is 5.95. The maximum absolute atomic E-state index is 11.6. The fourth-order valence-corrected chi connectivity index (χ4v) is 1.24. The maximum atomic E-state index is 11.6. The summed E-state index contributed by atoms with van der Waals surface area (Å²) in [5, 5.41) is 11.4. The number of nitrogens with zero attached hydrogens (tertiary/aromatic N) is 1. The van der Waals surface area contributed by atoms with E-state index in [9.17, 15) is 9.59 Å². The van der Waals surface area contributed by atoms with E-state index in [1.165, 1.54) is 18.3 Å². The van der Waals surface area contributed by atoms with Crippen LogP contribution in [0.2, 0.25) is 0 Å². The second-order valence-corrected chi connectivity index (χ2v) is 3.91. The summed E-state index contributed by atoms with van der Waals surface area (Å²) in [7, 11) is 0. The third kappa shape index (κ3) is 4.50. The average Bonchev–Trinajstić information content (AvgIpc) is 2.34. The van der Waals surface area contributed by atoms with E-state index in [1.807, 2.05) is 13.8 Å². The smallest absolute Gasteiger partial charge is 0.335 e. The van der Waals surface area contributed by atoms with Crippen LogP contribution in [0.25, 0.3) is 0 Å². The Morgan fingerprint density at radius 3 is 2.83 bits per heavy atom. The normalized spacial score (nSPS) is 10.4. The van der Waals surface area contributed by atoms with Crippen LogP contribution in [-0.2, 0) is 4.74 Å². The first kappa shape index (κ1) is 14.1. The van der Waals surface area contributed by atoms with Crippen molar-refractivity contribution in [1.29, 1.82) is 0 Å². The lowest BCUT2D eigenvalue weighted by Gasteiger charge is -2.08. The van der Waals surface area contributed by atoms with Gasteiger partial charge in [-0.05, 0) is 26.0 Å². The van der Waals surface area contributed by atoms with Gasteiger partial charge in [0.05, 0.1) is 18.3 Å². The van der Waals surface area contributed by atoms with Crippen molar-refractivity contribution >= 4 is 11.9 Å². The van der Waals surface area contributed by atoms with Crippen LogP contribution in [0.4, 0.5) is 0 Å². The Balaban J connectivity index is 2.51. The lowest BCUT2D eigenvalue weighted by molar-refractivity contribution is 0.0696. The van der Waals surface area contributed by atoms with Crippen molar-refractivity contribution in [3.8, 4) is 0 Å². The molecule has 0 aliphatic rings. The minimum absolute atomic E-state index is 0.0357. The van der Waals surface area contributed by atoms with Gasteiger partial charge in [-0.3, -0.25) is 9.78 Å². The number of carbonyl (C=O) groups excluding carboxylic acids is 1. The molecule has 0 spiro atoms. The van der Waals surface area contributed by atoms with Gasteiger partial charge >= 0.3 is 5.97 Å². The minimum Gasteiger partial charge on any atom is -0.478 e. The van der Waals surface area contributed by atoms with Crippen LogP contribution < -0.4 is 5.32 Å². The molecule has 0 aliphatic heterocycles. The van der Waals surface area contributed by atoms with E-state index in [0.717, 1.165) is 0 Å². The van der Waals surface area contributed by atoms with Crippen LogP contribution in [-0.4, -0.2) is 41.2 Å². The lowest BCUT2D eigenvalue weighted by atomic mass is 10.2. The van der Waals surface area contributed by atoms with Gasteiger partial charge in [-0.25, -0.2) is 4.79 Å². The zero-order valence-electron chi connectivity index (χ0n) is 10.3. The molecule has 0 aliphatic carbocycles. The Labute approximate surface area is 105 Å². The fourth-order valence-electron chi connectivity index (χ4n) is 1.24. The zero-order chi connectivity index (χ0) is 13.5. The molecular weight excluding hydrogens is 236 g/mol. The first-order valence-corrected chi connectivity index (χ1v) is 5.60. The molecule has 1 aromatic rings. The Kier molecular flexibility index (Phi) is 5.26. The molecule has 1 rings (SSSR count). The predicted molar refractivity (Wildman–Crippen MR) is 64.6 cm³/mol. The van der Waals surface area contributed by atoms with Gasteiger partial charge in [0.25, 0.3) is 5.91 Å². The molecule has 0 saturated carbocycles. The highest BCUT2D eigenvalue weighted by atomic mass is 16.5. The van der Waals surface area contributed by atoms with E-state index in [4.69, 9.17) is 9.84 Å². The topological polar surface area (TPSA) is 88.5 Å². The van der Waals surface area contributed by atoms with E-state index >= 15 is 0 Å². The number of nitrogens with one attached hydrogen (secondary N) is 1. The van der Waals surface area contributed by atoms with E-state index in [1.54, 1.807) is 0 Å². The van der Waals surface area contributed by atoms with Gasteiger partial charge in [-0.2, -0.15) is 0 Å². The van der Waals surface area contributed by atoms with Gasteiger partial charge in [0.1, 0.15) is 5.69 Å². The fraction of sp³-hybridized carbons (Fsp3) is 0.417. The number of rotatable bonds is 6. The molecule has 1 heterocycles. The van der Waals surface area contributed by atoms with Crippen molar-refractivity contribution < 1.29 is 19.4 Å². The van der Waals surface area contributed by atoms with Gasteiger partial charge in [0, 0.05) is 12.7 Å². The molecule has 0 fully saturated rings.